The summed E-state index contributed by atoms with van der Waals surface area (Å²) in [5, 5.41) is 1.02. The Morgan fingerprint density at radius 3 is 2.64 bits per heavy atom. The predicted octanol–water partition coefficient (Wildman–Crippen LogP) is 2.34. The van der Waals surface area contributed by atoms with E-state index in [1.807, 2.05) is 42.2 Å². The zero-order valence-electron chi connectivity index (χ0n) is 16.1. The summed E-state index contributed by atoms with van der Waals surface area (Å²) in [4.78, 5) is 16.7. The van der Waals surface area contributed by atoms with Crippen LogP contribution in [0.4, 0.5) is 0 Å². The minimum atomic E-state index is -2.88. The second-order valence-corrected chi connectivity index (χ2v) is 9.77. The highest BCUT2D eigenvalue weighted by atomic mass is 32.2. The van der Waals surface area contributed by atoms with Gasteiger partial charge in [-0.3, -0.25) is 9.69 Å². The monoisotopic (exact) mass is 402 g/mol. The van der Waals surface area contributed by atoms with Gasteiger partial charge >= 0.3 is 0 Å². The molecule has 0 radical (unpaired) electrons. The molecule has 150 valence electrons. The number of amides is 1. The Morgan fingerprint density at radius 2 is 1.96 bits per heavy atom. The van der Waals surface area contributed by atoms with Gasteiger partial charge in [0.15, 0.2) is 9.84 Å². The summed E-state index contributed by atoms with van der Waals surface area (Å²) in [7, 11) is -2.88. The van der Waals surface area contributed by atoms with Crippen LogP contribution in [0.2, 0.25) is 0 Å². The molecule has 1 aromatic carbocycles. The fourth-order valence-corrected chi connectivity index (χ4v) is 5.95. The normalized spacial score (nSPS) is 23.0. The Labute approximate surface area is 165 Å². The second-order valence-electron chi connectivity index (χ2n) is 7.54. The van der Waals surface area contributed by atoms with Crippen molar-refractivity contribution in [2.24, 2.45) is 0 Å². The lowest BCUT2D eigenvalue weighted by molar-refractivity contribution is -0.127. The molecule has 1 amide bonds. The van der Waals surface area contributed by atoms with E-state index < -0.39 is 9.84 Å². The molecular weight excluding hydrogens is 376 g/mol. The van der Waals surface area contributed by atoms with Gasteiger partial charge in [0.1, 0.15) is 11.3 Å². The molecule has 3 heterocycles. The molecule has 0 bridgehead atoms. The van der Waals surface area contributed by atoms with Crippen LogP contribution in [-0.4, -0.2) is 67.9 Å². The van der Waals surface area contributed by atoms with Gasteiger partial charge in [0.25, 0.3) is 0 Å². The summed E-state index contributed by atoms with van der Waals surface area (Å²) >= 11 is 0. The molecule has 28 heavy (non-hydrogen) atoms. The fraction of sp³-hybridized carbons (Fsp3) is 0.476. The van der Waals surface area contributed by atoms with Gasteiger partial charge in [-0.15, -0.1) is 0 Å². The predicted molar refractivity (Wildman–Crippen MR) is 110 cm³/mol. The van der Waals surface area contributed by atoms with Gasteiger partial charge in [0, 0.05) is 55.7 Å². The molecule has 2 aromatic rings. The first-order valence-corrected chi connectivity index (χ1v) is 11.7. The van der Waals surface area contributed by atoms with E-state index in [4.69, 9.17) is 4.42 Å². The van der Waals surface area contributed by atoms with Crippen molar-refractivity contribution in [1.29, 1.82) is 0 Å². The van der Waals surface area contributed by atoms with E-state index in [0.29, 0.717) is 19.5 Å². The average molecular weight is 403 g/mol. The van der Waals surface area contributed by atoms with E-state index in [2.05, 4.69) is 4.90 Å². The van der Waals surface area contributed by atoms with Crippen molar-refractivity contribution >= 4 is 32.8 Å². The maximum atomic E-state index is 12.7. The molecule has 2 saturated heterocycles. The third-order valence-corrected chi connectivity index (χ3v) is 7.53. The number of benzene rings is 1. The minimum Gasteiger partial charge on any atom is -0.460 e. The molecule has 0 unspecified atom stereocenters. The van der Waals surface area contributed by atoms with Crippen molar-refractivity contribution in [1.82, 2.24) is 9.80 Å². The van der Waals surface area contributed by atoms with E-state index in [-0.39, 0.29) is 23.5 Å². The second kappa shape index (κ2) is 7.72. The number of rotatable bonds is 4. The van der Waals surface area contributed by atoms with Gasteiger partial charge in [-0.05, 0) is 18.6 Å². The number of sulfone groups is 1. The van der Waals surface area contributed by atoms with E-state index in [0.717, 1.165) is 41.8 Å². The first-order valence-electron chi connectivity index (χ1n) is 9.88. The van der Waals surface area contributed by atoms with Crippen molar-refractivity contribution in [3.05, 3.63) is 41.7 Å². The molecular formula is C21H26N2O4S. The number of hydrogen-bond donors (Lipinski definition) is 0. The number of furan rings is 1. The topological polar surface area (TPSA) is 70.8 Å². The summed E-state index contributed by atoms with van der Waals surface area (Å²) in [6.07, 6.45) is 4.98. The zero-order chi connectivity index (χ0) is 19.7. The lowest BCUT2D eigenvalue weighted by Gasteiger charge is -2.37. The summed E-state index contributed by atoms with van der Waals surface area (Å²) in [6.45, 7) is 4.77. The largest absolute Gasteiger partial charge is 0.460 e. The Balaban J connectivity index is 1.40. The highest BCUT2D eigenvalue weighted by Crippen LogP contribution is 2.27. The smallest absolute Gasteiger partial charge is 0.246 e. The molecule has 0 aliphatic carbocycles. The van der Waals surface area contributed by atoms with Gasteiger partial charge in [0.2, 0.25) is 5.91 Å². The molecule has 2 aliphatic rings. The summed E-state index contributed by atoms with van der Waals surface area (Å²) in [5.74, 6) is 1.43. The van der Waals surface area contributed by atoms with E-state index in [1.54, 1.807) is 6.08 Å². The average Bonchev–Trinajstić information content (AvgIpc) is 3.25. The Morgan fingerprint density at radius 1 is 1.21 bits per heavy atom. The first kappa shape index (κ1) is 19.2. The molecule has 1 atom stereocenters. The van der Waals surface area contributed by atoms with Crippen molar-refractivity contribution < 1.29 is 17.6 Å². The first-order chi connectivity index (χ1) is 13.5. The van der Waals surface area contributed by atoms with Gasteiger partial charge in [-0.25, -0.2) is 8.42 Å². The Hall–Kier alpha value is -2.12. The van der Waals surface area contributed by atoms with E-state index in [1.165, 1.54) is 0 Å². The highest BCUT2D eigenvalue weighted by Gasteiger charge is 2.34. The van der Waals surface area contributed by atoms with Crippen LogP contribution >= 0.6 is 0 Å². The molecule has 0 spiro atoms. The van der Waals surface area contributed by atoms with Crippen LogP contribution in [0.15, 0.2) is 34.8 Å². The van der Waals surface area contributed by atoms with Crippen LogP contribution < -0.4 is 0 Å². The van der Waals surface area contributed by atoms with Gasteiger partial charge in [0.05, 0.1) is 11.5 Å². The van der Waals surface area contributed by atoms with Crippen LogP contribution in [-0.2, 0) is 21.1 Å². The van der Waals surface area contributed by atoms with Crippen LogP contribution in [0.25, 0.3) is 17.0 Å². The number of piperazine rings is 1. The van der Waals surface area contributed by atoms with Crippen molar-refractivity contribution in [2.75, 3.05) is 37.7 Å². The fourth-order valence-electron chi connectivity index (χ4n) is 4.19. The Kier molecular flexibility index (Phi) is 5.29. The number of para-hydroxylation sites is 1. The van der Waals surface area contributed by atoms with Crippen LogP contribution in [0.5, 0.6) is 0 Å². The highest BCUT2D eigenvalue weighted by molar-refractivity contribution is 7.91. The summed E-state index contributed by atoms with van der Waals surface area (Å²) < 4.78 is 29.3. The third kappa shape index (κ3) is 3.86. The van der Waals surface area contributed by atoms with Crippen molar-refractivity contribution in [3.63, 3.8) is 0 Å². The number of aryl methyl sites for hydroxylation is 1. The van der Waals surface area contributed by atoms with Gasteiger partial charge in [-0.1, -0.05) is 25.1 Å². The molecule has 0 N–H and O–H groups in total. The SMILES string of the molecule is CCc1oc2ccccc2c1/C=C/C(=O)N1CCN([C@@H]2CCS(=O)(=O)C2)CC1. The van der Waals surface area contributed by atoms with Crippen molar-refractivity contribution in [2.45, 2.75) is 25.8 Å². The lowest BCUT2D eigenvalue weighted by atomic mass is 10.1. The number of fused-ring (bicyclic) bond motifs is 1. The maximum Gasteiger partial charge on any atom is 0.246 e. The number of hydrogen-bond acceptors (Lipinski definition) is 5. The van der Waals surface area contributed by atoms with E-state index >= 15 is 0 Å². The molecule has 0 saturated carbocycles. The quantitative estimate of drug-likeness (QED) is 0.734. The number of carbonyl (C=O) groups is 1. The molecule has 2 aliphatic heterocycles. The van der Waals surface area contributed by atoms with Crippen LogP contribution in [0, 0.1) is 0 Å². The van der Waals surface area contributed by atoms with Gasteiger partial charge < -0.3 is 9.32 Å². The molecule has 2 fully saturated rings. The molecule has 4 rings (SSSR count). The summed E-state index contributed by atoms with van der Waals surface area (Å²) in [6, 6.07) is 7.98. The minimum absolute atomic E-state index is 0.00831. The Bertz CT molecular complexity index is 1000. The maximum absolute atomic E-state index is 12.7. The van der Waals surface area contributed by atoms with E-state index in [9.17, 15) is 13.2 Å². The lowest BCUT2D eigenvalue weighted by Crippen LogP contribution is -2.52. The third-order valence-electron chi connectivity index (χ3n) is 5.78. The molecule has 1 aromatic heterocycles. The number of nitrogens with zero attached hydrogens (tertiary/aromatic N) is 2. The van der Waals surface area contributed by atoms with Gasteiger partial charge in [-0.2, -0.15) is 0 Å². The van der Waals surface area contributed by atoms with Crippen LogP contribution in [0.3, 0.4) is 0 Å². The number of carbonyl (C=O) groups excluding carboxylic acids is 1. The molecule has 6 nitrogen and oxygen atoms in total. The molecule has 7 heteroatoms. The summed E-state index contributed by atoms with van der Waals surface area (Å²) in [5.41, 5.74) is 1.81. The zero-order valence-corrected chi connectivity index (χ0v) is 17.0. The van der Waals surface area contributed by atoms with Crippen molar-refractivity contribution in [3.8, 4) is 0 Å². The van der Waals surface area contributed by atoms with Crippen LogP contribution in [0.1, 0.15) is 24.7 Å². The standard InChI is InChI=1S/C21H26N2O4S/c1-2-19-18(17-5-3-4-6-20(17)27-19)7-8-21(24)23-12-10-22(11-13-23)16-9-14-28(25,26)15-16/h3-8,16H,2,9-15H2,1H3/b8-7+/t16-/m1/s1.